The fourth-order valence-corrected chi connectivity index (χ4v) is 1.61. The van der Waals surface area contributed by atoms with E-state index in [9.17, 15) is 0 Å². The molecule has 0 unspecified atom stereocenters. The summed E-state index contributed by atoms with van der Waals surface area (Å²) in [6, 6.07) is 0. The van der Waals surface area contributed by atoms with Gasteiger partial charge in [-0.3, -0.25) is 0 Å². The molecule has 0 saturated carbocycles. The Kier molecular flexibility index (Phi) is 9.04. The predicted molar refractivity (Wildman–Crippen MR) is 69.7 cm³/mol. The molecule has 0 aliphatic rings. The van der Waals surface area contributed by atoms with Crippen LogP contribution in [0.25, 0.3) is 0 Å². The van der Waals surface area contributed by atoms with E-state index in [0.29, 0.717) is 5.92 Å². The molecule has 86 valence electrons. The van der Waals surface area contributed by atoms with Crippen LogP contribution < -0.4 is 0 Å². The third kappa shape index (κ3) is 7.06. The second kappa shape index (κ2) is 9.63. The molecule has 0 heterocycles. The van der Waals surface area contributed by atoms with E-state index in [4.69, 9.17) is 0 Å². The van der Waals surface area contributed by atoms with Crippen molar-refractivity contribution in [1.29, 1.82) is 0 Å². The van der Waals surface area contributed by atoms with E-state index in [2.05, 4.69) is 37.6 Å². The summed E-state index contributed by atoms with van der Waals surface area (Å²) in [5, 5.41) is 8.15. The molecule has 0 saturated heterocycles. The fraction of sp³-hybridized carbons (Fsp3) is 0.692. The Morgan fingerprint density at radius 2 is 2.00 bits per heavy atom. The molecule has 0 aromatic rings. The maximum Gasteiger partial charge on any atom is 0.0489 e. The molecule has 2 nitrogen and oxygen atoms in total. The highest BCUT2D eigenvalue weighted by atomic mass is 15.2. The van der Waals surface area contributed by atoms with E-state index < -0.39 is 0 Å². The van der Waals surface area contributed by atoms with Crippen LogP contribution in [0.2, 0.25) is 0 Å². The molecule has 0 bridgehead atoms. The van der Waals surface area contributed by atoms with Crippen molar-refractivity contribution in [2.75, 3.05) is 0 Å². The zero-order chi connectivity index (χ0) is 11.5. The van der Waals surface area contributed by atoms with E-state index in [-0.39, 0.29) is 0 Å². The third-order valence-electron chi connectivity index (χ3n) is 2.52. The van der Waals surface area contributed by atoms with E-state index in [0.717, 1.165) is 5.71 Å². The van der Waals surface area contributed by atoms with Crippen molar-refractivity contribution in [2.24, 2.45) is 16.1 Å². The first kappa shape index (κ1) is 14.1. The Hall–Kier alpha value is -0.920. The van der Waals surface area contributed by atoms with E-state index >= 15 is 0 Å². The van der Waals surface area contributed by atoms with Crippen molar-refractivity contribution in [3.8, 4) is 0 Å². The number of unbranched alkanes of at least 4 members (excludes halogenated alkanes) is 1. The van der Waals surface area contributed by atoms with Crippen LogP contribution in [0.5, 0.6) is 0 Å². The molecule has 0 aromatic carbocycles. The molecule has 0 spiro atoms. The van der Waals surface area contributed by atoms with Gasteiger partial charge in [0.2, 0.25) is 0 Å². The van der Waals surface area contributed by atoms with Gasteiger partial charge in [0.25, 0.3) is 0 Å². The molecule has 0 N–H and O–H groups in total. The van der Waals surface area contributed by atoms with Crippen LogP contribution >= 0.6 is 0 Å². The van der Waals surface area contributed by atoms with Crippen molar-refractivity contribution in [3.63, 3.8) is 0 Å². The number of hydrogen-bond acceptors (Lipinski definition) is 2. The number of allylic oxidation sites excluding steroid dienone is 1. The minimum atomic E-state index is 0.608. The molecule has 0 aromatic heterocycles. The maximum atomic E-state index is 4.20. The summed E-state index contributed by atoms with van der Waals surface area (Å²) in [6.45, 7) is 10.1. The van der Waals surface area contributed by atoms with Gasteiger partial charge in [-0.1, -0.05) is 39.7 Å². The minimum absolute atomic E-state index is 0.608. The van der Waals surface area contributed by atoms with Gasteiger partial charge in [-0.25, -0.2) is 0 Å². The van der Waals surface area contributed by atoms with Crippen molar-refractivity contribution in [3.05, 3.63) is 12.7 Å². The van der Waals surface area contributed by atoms with Gasteiger partial charge >= 0.3 is 0 Å². The zero-order valence-corrected chi connectivity index (χ0v) is 10.4. The van der Waals surface area contributed by atoms with Crippen LogP contribution in [0, 0.1) is 5.92 Å². The highest BCUT2D eigenvalue weighted by molar-refractivity contribution is 5.84. The van der Waals surface area contributed by atoms with Gasteiger partial charge in [0, 0.05) is 11.9 Å². The number of hydrogen-bond donors (Lipinski definition) is 0. The zero-order valence-electron chi connectivity index (χ0n) is 10.4. The van der Waals surface area contributed by atoms with Gasteiger partial charge in [0.1, 0.15) is 0 Å². The van der Waals surface area contributed by atoms with Crippen molar-refractivity contribution >= 4 is 11.9 Å². The van der Waals surface area contributed by atoms with Gasteiger partial charge in [0.05, 0.1) is 0 Å². The van der Waals surface area contributed by atoms with Gasteiger partial charge < -0.3 is 0 Å². The lowest BCUT2D eigenvalue weighted by molar-refractivity contribution is 0.536. The van der Waals surface area contributed by atoms with Crippen molar-refractivity contribution < 1.29 is 0 Å². The lowest BCUT2D eigenvalue weighted by Crippen LogP contribution is -2.10. The topological polar surface area (TPSA) is 24.7 Å². The van der Waals surface area contributed by atoms with E-state index in [1.54, 1.807) is 12.3 Å². The maximum absolute atomic E-state index is 4.20. The molecule has 0 rings (SSSR count). The smallest absolute Gasteiger partial charge is 0.0489 e. The standard InChI is InChI=1S/C13H24N2/c1-5-8-10-13(9-6-2)12(4)15-14-11-7-3/h7,11,13H,3,5-6,8-10H2,1-2,4H3/b14-11-,15-12+/t13-/m1/s1. The molecule has 1 atom stereocenters. The predicted octanol–water partition coefficient (Wildman–Crippen LogP) is 4.23. The Morgan fingerprint density at radius 1 is 1.27 bits per heavy atom. The number of nitrogens with zero attached hydrogens (tertiary/aromatic N) is 2. The van der Waals surface area contributed by atoms with E-state index in [1.807, 2.05) is 0 Å². The fourth-order valence-electron chi connectivity index (χ4n) is 1.61. The van der Waals surface area contributed by atoms with Crippen LogP contribution in [0.1, 0.15) is 52.9 Å². The lowest BCUT2D eigenvalue weighted by atomic mass is 9.93. The Bertz CT molecular complexity index is 217. The van der Waals surface area contributed by atoms with Gasteiger partial charge in [-0.2, -0.15) is 10.2 Å². The highest BCUT2D eigenvalue weighted by Crippen LogP contribution is 2.16. The Labute approximate surface area is 94.2 Å². The molecule has 0 amide bonds. The van der Waals surface area contributed by atoms with Crippen LogP contribution in [0.15, 0.2) is 22.9 Å². The molecular formula is C13H24N2. The molecule has 0 aliphatic carbocycles. The summed E-state index contributed by atoms with van der Waals surface area (Å²) >= 11 is 0. The summed E-state index contributed by atoms with van der Waals surface area (Å²) in [7, 11) is 0. The summed E-state index contributed by atoms with van der Waals surface area (Å²) in [6.07, 6.45) is 9.49. The van der Waals surface area contributed by atoms with Gasteiger partial charge in [0.15, 0.2) is 0 Å². The first-order chi connectivity index (χ1) is 7.26. The first-order valence-electron chi connectivity index (χ1n) is 5.94. The molecule has 2 heteroatoms. The second-order valence-electron chi connectivity index (χ2n) is 3.87. The van der Waals surface area contributed by atoms with Gasteiger partial charge in [-0.15, -0.1) is 0 Å². The SMILES string of the molecule is C=C/C=N\N=C(/C)[C@H](CCC)CCCC. The summed E-state index contributed by atoms with van der Waals surface area (Å²) in [4.78, 5) is 0. The quantitative estimate of drug-likeness (QED) is 0.421. The largest absolute Gasteiger partial charge is 0.160 e. The van der Waals surface area contributed by atoms with Crippen LogP contribution in [-0.4, -0.2) is 11.9 Å². The average Bonchev–Trinajstić information content (AvgIpc) is 2.24. The molecule has 15 heavy (non-hydrogen) atoms. The molecule has 0 fully saturated rings. The lowest BCUT2D eigenvalue weighted by Gasteiger charge is -2.14. The van der Waals surface area contributed by atoms with Crippen LogP contribution in [0.4, 0.5) is 0 Å². The summed E-state index contributed by atoms with van der Waals surface area (Å²) in [5.74, 6) is 0.608. The van der Waals surface area contributed by atoms with Crippen LogP contribution in [0.3, 0.4) is 0 Å². The first-order valence-corrected chi connectivity index (χ1v) is 5.94. The Morgan fingerprint density at radius 3 is 2.53 bits per heavy atom. The van der Waals surface area contributed by atoms with Gasteiger partial charge in [-0.05, 0) is 31.8 Å². The second-order valence-corrected chi connectivity index (χ2v) is 3.87. The average molecular weight is 208 g/mol. The summed E-state index contributed by atoms with van der Waals surface area (Å²) < 4.78 is 0. The van der Waals surface area contributed by atoms with Crippen molar-refractivity contribution in [2.45, 2.75) is 52.9 Å². The van der Waals surface area contributed by atoms with E-state index in [1.165, 1.54) is 32.1 Å². The molecule has 0 radical (unpaired) electrons. The normalized spacial score (nSPS) is 14.5. The monoisotopic (exact) mass is 208 g/mol. The third-order valence-corrected chi connectivity index (χ3v) is 2.52. The highest BCUT2D eigenvalue weighted by Gasteiger charge is 2.10. The van der Waals surface area contributed by atoms with Crippen molar-refractivity contribution in [1.82, 2.24) is 0 Å². The number of rotatable bonds is 8. The summed E-state index contributed by atoms with van der Waals surface area (Å²) in [5.41, 5.74) is 1.16. The minimum Gasteiger partial charge on any atom is -0.160 e. The molecule has 0 aliphatic heterocycles. The molecular weight excluding hydrogens is 184 g/mol. The Balaban J connectivity index is 4.24. The van der Waals surface area contributed by atoms with Crippen LogP contribution in [-0.2, 0) is 0 Å².